The van der Waals surface area contributed by atoms with Crippen molar-refractivity contribution in [1.29, 1.82) is 0 Å². The Labute approximate surface area is 122 Å². The Morgan fingerprint density at radius 1 is 1.43 bits per heavy atom. The molecular weight excluding hydrogens is 272 g/mol. The van der Waals surface area contributed by atoms with E-state index >= 15 is 0 Å². The lowest BCUT2D eigenvalue weighted by Crippen LogP contribution is -2.51. The normalized spacial score (nSPS) is 21.7. The van der Waals surface area contributed by atoms with E-state index < -0.39 is 24.0 Å². The molecular formula is C15H18N2O4. The van der Waals surface area contributed by atoms with E-state index in [1.54, 1.807) is 26.0 Å². The summed E-state index contributed by atoms with van der Waals surface area (Å²) in [4.78, 5) is 23.9. The van der Waals surface area contributed by atoms with Crippen LogP contribution >= 0.6 is 0 Å². The fourth-order valence-corrected chi connectivity index (χ4v) is 2.26. The molecule has 1 aromatic carbocycles. The topological polar surface area (TPSA) is 87.7 Å². The van der Waals surface area contributed by atoms with E-state index in [-0.39, 0.29) is 17.6 Å². The summed E-state index contributed by atoms with van der Waals surface area (Å²) in [7, 11) is 0. The summed E-state index contributed by atoms with van der Waals surface area (Å²) in [6.45, 7) is 7.23. The third kappa shape index (κ3) is 3.34. The van der Waals surface area contributed by atoms with Gasteiger partial charge in [0, 0.05) is 5.70 Å². The van der Waals surface area contributed by atoms with Gasteiger partial charge in [-0.25, -0.2) is 4.79 Å². The molecule has 1 saturated heterocycles. The van der Waals surface area contributed by atoms with E-state index in [2.05, 4.69) is 17.2 Å². The molecule has 6 nitrogen and oxygen atoms in total. The first-order valence-corrected chi connectivity index (χ1v) is 6.64. The van der Waals surface area contributed by atoms with Crippen LogP contribution in [0.2, 0.25) is 0 Å². The first-order chi connectivity index (χ1) is 9.88. The number of rotatable bonds is 3. The lowest BCUT2D eigenvalue weighted by molar-refractivity contribution is -0.152. The Morgan fingerprint density at radius 2 is 2.14 bits per heavy atom. The number of aromatic hydroxyl groups is 1. The van der Waals surface area contributed by atoms with Gasteiger partial charge >= 0.3 is 12.0 Å². The number of hydrogen-bond acceptors (Lipinski definition) is 4. The van der Waals surface area contributed by atoms with Crippen LogP contribution in [0, 0.1) is 5.92 Å². The molecule has 1 heterocycles. The summed E-state index contributed by atoms with van der Waals surface area (Å²) in [5, 5.41) is 14.7. The minimum Gasteiger partial charge on any atom is -0.508 e. The molecule has 6 heteroatoms. The summed E-state index contributed by atoms with van der Waals surface area (Å²) in [5.41, 5.74) is 0.884. The predicted octanol–water partition coefficient (Wildman–Crippen LogP) is 1.83. The average molecular weight is 290 g/mol. The smallest absolute Gasteiger partial charge is 0.319 e. The van der Waals surface area contributed by atoms with Gasteiger partial charge in [0.25, 0.3) is 0 Å². The number of benzene rings is 1. The number of ether oxygens (including phenoxy) is 1. The molecule has 0 aromatic heterocycles. The van der Waals surface area contributed by atoms with Crippen molar-refractivity contribution in [1.82, 2.24) is 10.6 Å². The van der Waals surface area contributed by atoms with Crippen LogP contribution in [0.1, 0.15) is 25.5 Å². The molecule has 112 valence electrons. The van der Waals surface area contributed by atoms with E-state index in [4.69, 9.17) is 4.74 Å². The van der Waals surface area contributed by atoms with Crippen molar-refractivity contribution in [2.24, 2.45) is 5.92 Å². The van der Waals surface area contributed by atoms with E-state index in [0.717, 1.165) is 0 Å². The SMILES string of the molecule is C=C1NC(=O)NC(c2cccc(O)c2)C1C(=O)OC(C)C. The molecule has 1 aromatic rings. The standard InChI is InChI=1S/C15H18N2O4/c1-8(2)21-14(19)12-9(3)16-15(20)17-13(12)10-5-4-6-11(18)7-10/h4-8,12-13,18H,3H2,1-2H3,(H2,16,17,20). The minimum atomic E-state index is -0.758. The van der Waals surface area contributed by atoms with Crippen molar-refractivity contribution >= 4 is 12.0 Å². The van der Waals surface area contributed by atoms with Crippen LogP contribution in [0.25, 0.3) is 0 Å². The van der Waals surface area contributed by atoms with Gasteiger partial charge in [0.2, 0.25) is 0 Å². The third-order valence-corrected chi connectivity index (χ3v) is 3.10. The largest absolute Gasteiger partial charge is 0.508 e. The van der Waals surface area contributed by atoms with Crippen molar-refractivity contribution in [2.45, 2.75) is 26.0 Å². The number of nitrogens with one attached hydrogen (secondary N) is 2. The molecule has 2 rings (SSSR count). The van der Waals surface area contributed by atoms with Crippen LogP contribution in [0.15, 0.2) is 36.5 Å². The second kappa shape index (κ2) is 5.87. The average Bonchev–Trinajstić information content (AvgIpc) is 2.36. The van der Waals surface area contributed by atoms with Gasteiger partial charge in [0.1, 0.15) is 11.7 Å². The molecule has 3 N–H and O–H groups in total. The van der Waals surface area contributed by atoms with Crippen LogP contribution in [-0.4, -0.2) is 23.2 Å². The number of hydrogen-bond donors (Lipinski definition) is 3. The van der Waals surface area contributed by atoms with Crippen molar-refractivity contribution in [3.05, 3.63) is 42.1 Å². The van der Waals surface area contributed by atoms with Crippen LogP contribution in [-0.2, 0) is 9.53 Å². The molecule has 2 atom stereocenters. The van der Waals surface area contributed by atoms with Gasteiger partial charge in [-0.1, -0.05) is 18.7 Å². The molecule has 2 unspecified atom stereocenters. The quantitative estimate of drug-likeness (QED) is 0.741. The van der Waals surface area contributed by atoms with E-state index in [9.17, 15) is 14.7 Å². The maximum absolute atomic E-state index is 12.3. The monoisotopic (exact) mass is 290 g/mol. The molecule has 2 amide bonds. The molecule has 0 aliphatic carbocycles. The van der Waals surface area contributed by atoms with Gasteiger partial charge in [-0.15, -0.1) is 0 Å². The number of carbonyl (C=O) groups is 2. The number of phenols is 1. The molecule has 0 radical (unpaired) electrons. The van der Waals surface area contributed by atoms with Crippen LogP contribution in [0.3, 0.4) is 0 Å². The zero-order chi connectivity index (χ0) is 15.6. The molecule has 0 bridgehead atoms. The highest BCUT2D eigenvalue weighted by Gasteiger charge is 2.39. The third-order valence-electron chi connectivity index (χ3n) is 3.10. The first-order valence-electron chi connectivity index (χ1n) is 6.64. The van der Waals surface area contributed by atoms with E-state index in [0.29, 0.717) is 5.56 Å². The second-order valence-corrected chi connectivity index (χ2v) is 5.16. The minimum absolute atomic E-state index is 0.0573. The Morgan fingerprint density at radius 3 is 2.76 bits per heavy atom. The lowest BCUT2D eigenvalue weighted by Gasteiger charge is -2.33. The van der Waals surface area contributed by atoms with Gasteiger partial charge in [-0.2, -0.15) is 0 Å². The molecule has 0 saturated carbocycles. The maximum atomic E-state index is 12.3. The fourth-order valence-electron chi connectivity index (χ4n) is 2.26. The summed E-state index contributed by atoms with van der Waals surface area (Å²) in [6.07, 6.45) is -0.271. The summed E-state index contributed by atoms with van der Waals surface area (Å²) in [6, 6.07) is 5.30. The van der Waals surface area contributed by atoms with E-state index in [1.807, 2.05) is 0 Å². The number of amides is 2. The Kier molecular flexibility index (Phi) is 4.16. The molecule has 1 aliphatic heterocycles. The number of esters is 1. The Balaban J connectivity index is 2.35. The zero-order valence-corrected chi connectivity index (χ0v) is 11.9. The molecule has 21 heavy (non-hydrogen) atoms. The number of phenolic OH excluding ortho intramolecular Hbond substituents is 1. The maximum Gasteiger partial charge on any atom is 0.319 e. The van der Waals surface area contributed by atoms with Gasteiger partial charge in [-0.3, -0.25) is 4.79 Å². The van der Waals surface area contributed by atoms with Crippen LogP contribution in [0.4, 0.5) is 4.79 Å². The molecule has 1 aliphatic rings. The Bertz CT molecular complexity index is 583. The highest BCUT2D eigenvalue weighted by Crippen LogP contribution is 2.31. The summed E-state index contributed by atoms with van der Waals surface area (Å²) >= 11 is 0. The number of urea groups is 1. The van der Waals surface area contributed by atoms with Gasteiger partial charge < -0.3 is 20.5 Å². The lowest BCUT2D eigenvalue weighted by atomic mass is 9.89. The Hall–Kier alpha value is -2.50. The number of carbonyl (C=O) groups excluding carboxylic acids is 2. The highest BCUT2D eigenvalue weighted by atomic mass is 16.5. The first kappa shape index (κ1) is 14.9. The van der Waals surface area contributed by atoms with Crippen molar-refractivity contribution < 1.29 is 19.4 Å². The summed E-state index contributed by atoms with van der Waals surface area (Å²) < 4.78 is 5.22. The van der Waals surface area contributed by atoms with Gasteiger partial charge in [-0.05, 0) is 31.5 Å². The molecule has 0 spiro atoms. The predicted molar refractivity (Wildman–Crippen MR) is 76.4 cm³/mol. The van der Waals surface area contributed by atoms with Crippen molar-refractivity contribution in [2.75, 3.05) is 0 Å². The van der Waals surface area contributed by atoms with Crippen LogP contribution < -0.4 is 10.6 Å². The van der Waals surface area contributed by atoms with Gasteiger partial charge in [0.05, 0.1) is 12.1 Å². The van der Waals surface area contributed by atoms with Crippen LogP contribution in [0.5, 0.6) is 5.75 Å². The second-order valence-electron chi connectivity index (χ2n) is 5.16. The zero-order valence-electron chi connectivity index (χ0n) is 11.9. The van der Waals surface area contributed by atoms with Crippen molar-refractivity contribution in [3.63, 3.8) is 0 Å². The van der Waals surface area contributed by atoms with E-state index in [1.165, 1.54) is 12.1 Å². The highest BCUT2D eigenvalue weighted by molar-refractivity contribution is 5.85. The fraction of sp³-hybridized carbons (Fsp3) is 0.333. The summed E-state index contributed by atoms with van der Waals surface area (Å²) in [5.74, 6) is -1.18. The van der Waals surface area contributed by atoms with Crippen molar-refractivity contribution in [3.8, 4) is 5.75 Å². The molecule has 1 fully saturated rings. The van der Waals surface area contributed by atoms with Gasteiger partial charge in [0.15, 0.2) is 0 Å².